The number of aromatic nitrogens is 3. The van der Waals surface area contributed by atoms with E-state index in [1.165, 1.54) is 11.8 Å². The second-order valence-electron chi connectivity index (χ2n) is 7.09. The molecule has 1 saturated heterocycles. The maximum atomic E-state index is 12.4. The summed E-state index contributed by atoms with van der Waals surface area (Å²) in [5.41, 5.74) is 1.61. The Labute approximate surface area is 191 Å². The highest BCUT2D eigenvalue weighted by molar-refractivity contribution is 7.99. The Morgan fingerprint density at radius 2 is 2.10 bits per heavy atom. The molecular weight excluding hydrogens is 438 g/mol. The van der Waals surface area contributed by atoms with Gasteiger partial charge in [0.2, 0.25) is 11.8 Å². The van der Waals surface area contributed by atoms with Crippen molar-refractivity contribution in [3.8, 4) is 0 Å². The lowest BCUT2D eigenvalue weighted by Crippen LogP contribution is -2.41. The van der Waals surface area contributed by atoms with Gasteiger partial charge in [-0.1, -0.05) is 35.5 Å². The number of hydrogen-bond donors (Lipinski definition) is 1. The fourth-order valence-corrected chi connectivity index (χ4v) is 4.12. The van der Waals surface area contributed by atoms with Crippen molar-refractivity contribution in [3.05, 3.63) is 47.3 Å². The number of halogens is 1. The summed E-state index contributed by atoms with van der Waals surface area (Å²) in [5.74, 6) is 0.881. The Morgan fingerprint density at radius 1 is 1.32 bits per heavy atom. The molecule has 31 heavy (non-hydrogen) atoms. The predicted molar refractivity (Wildman–Crippen MR) is 121 cm³/mol. The van der Waals surface area contributed by atoms with Gasteiger partial charge in [-0.05, 0) is 24.6 Å². The summed E-state index contributed by atoms with van der Waals surface area (Å²) in [5, 5.41) is 12.5. The number of hydrogen-bond acceptors (Lipinski definition) is 6. The summed E-state index contributed by atoms with van der Waals surface area (Å²) in [4.78, 5) is 26.5. The van der Waals surface area contributed by atoms with Crippen LogP contribution in [0.25, 0.3) is 0 Å². The summed E-state index contributed by atoms with van der Waals surface area (Å²) in [7, 11) is 0. The molecule has 1 aromatic carbocycles. The molecule has 8 nitrogen and oxygen atoms in total. The Bertz CT molecular complexity index is 943. The summed E-state index contributed by atoms with van der Waals surface area (Å²) in [6.45, 7) is 8.58. The third kappa shape index (κ3) is 6.56. The van der Waals surface area contributed by atoms with E-state index in [1.54, 1.807) is 17.0 Å². The number of amides is 2. The predicted octanol–water partition coefficient (Wildman–Crippen LogP) is 2.95. The van der Waals surface area contributed by atoms with Crippen molar-refractivity contribution >= 4 is 40.9 Å². The van der Waals surface area contributed by atoms with E-state index in [0.717, 1.165) is 5.56 Å². The Morgan fingerprint density at radius 3 is 2.81 bits per heavy atom. The second kappa shape index (κ2) is 11.3. The number of allylic oxidation sites excluding steroid dienone is 1. The lowest BCUT2D eigenvalue weighted by atomic mass is 10.2. The summed E-state index contributed by atoms with van der Waals surface area (Å²) in [6, 6.07) is 5.41. The Hall–Kier alpha value is -2.36. The van der Waals surface area contributed by atoms with E-state index >= 15 is 0 Å². The monoisotopic (exact) mass is 463 g/mol. The topological polar surface area (TPSA) is 89.3 Å². The number of benzene rings is 1. The lowest BCUT2D eigenvalue weighted by Gasteiger charge is -2.26. The number of nitrogens with one attached hydrogen (secondary N) is 1. The number of morpholine rings is 1. The van der Waals surface area contributed by atoms with Gasteiger partial charge in [0.15, 0.2) is 5.16 Å². The largest absolute Gasteiger partial charge is 0.378 e. The quantitative estimate of drug-likeness (QED) is 0.454. The van der Waals surface area contributed by atoms with E-state index in [2.05, 4.69) is 22.1 Å². The van der Waals surface area contributed by atoms with E-state index in [4.69, 9.17) is 16.3 Å². The number of ether oxygens (including phenoxy) is 1. The number of aryl methyl sites for hydroxylation is 2. The number of carbonyl (C=O) groups excluding carboxylic acids is 2. The van der Waals surface area contributed by atoms with Crippen molar-refractivity contribution in [2.24, 2.45) is 0 Å². The maximum Gasteiger partial charge on any atom is 0.233 e. The highest BCUT2D eigenvalue weighted by atomic mass is 35.5. The highest BCUT2D eigenvalue weighted by Crippen LogP contribution is 2.21. The van der Waals surface area contributed by atoms with Crippen molar-refractivity contribution in [2.45, 2.75) is 31.5 Å². The van der Waals surface area contributed by atoms with Gasteiger partial charge in [0.05, 0.1) is 19.0 Å². The van der Waals surface area contributed by atoms with Crippen LogP contribution >= 0.6 is 23.4 Å². The molecule has 0 atom stereocenters. The molecule has 2 amide bonds. The van der Waals surface area contributed by atoms with Gasteiger partial charge in [0.25, 0.3) is 0 Å². The molecule has 1 fully saturated rings. The molecule has 1 aliphatic rings. The van der Waals surface area contributed by atoms with Gasteiger partial charge in [-0.25, -0.2) is 0 Å². The normalized spacial score (nSPS) is 13.8. The Kier molecular flexibility index (Phi) is 8.51. The van der Waals surface area contributed by atoms with Gasteiger partial charge in [-0.15, -0.1) is 16.8 Å². The van der Waals surface area contributed by atoms with Crippen LogP contribution in [0.2, 0.25) is 5.02 Å². The molecule has 0 aliphatic carbocycles. The first-order chi connectivity index (χ1) is 15.0. The van der Waals surface area contributed by atoms with Crippen LogP contribution in [-0.2, 0) is 27.3 Å². The first kappa shape index (κ1) is 23.3. The standard InChI is InChI=1S/C21H26ClN5O3S/c1-3-8-27-18(6-7-19(28)23-16-5-4-15(2)17(22)13-16)24-25-21(27)31-14-20(29)26-9-11-30-12-10-26/h3-5,13H,1,6-12,14H2,2H3,(H,23,28). The van der Waals surface area contributed by atoms with Gasteiger partial charge in [0.1, 0.15) is 5.82 Å². The summed E-state index contributed by atoms with van der Waals surface area (Å²) >= 11 is 7.46. The van der Waals surface area contributed by atoms with Crippen LogP contribution in [0.4, 0.5) is 5.69 Å². The van der Waals surface area contributed by atoms with E-state index in [-0.39, 0.29) is 24.0 Å². The van der Waals surface area contributed by atoms with Crippen LogP contribution in [0.15, 0.2) is 36.0 Å². The van der Waals surface area contributed by atoms with E-state index < -0.39 is 0 Å². The van der Waals surface area contributed by atoms with Crippen LogP contribution in [0.5, 0.6) is 0 Å². The summed E-state index contributed by atoms with van der Waals surface area (Å²) < 4.78 is 7.17. The van der Waals surface area contributed by atoms with E-state index in [9.17, 15) is 9.59 Å². The minimum atomic E-state index is -0.134. The lowest BCUT2D eigenvalue weighted by molar-refractivity contribution is -0.132. The minimum absolute atomic E-state index is 0.0548. The minimum Gasteiger partial charge on any atom is -0.378 e. The molecule has 0 spiro atoms. The molecule has 0 saturated carbocycles. The average molecular weight is 464 g/mol. The van der Waals surface area contributed by atoms with Crippen LogP contribution < -0.4 is 5.32 Å². The maximum absolute atomic E-state index is 12.4. The van der Waals surface area contributed by atoms with Crippen LogP contribution in [0.1, 0.15) is 17.8 Å². The Balaban J connectivity index is 1.56. The third-order valence-corrected chi connectivity index (χ3v) is 6.18. The highest BCUT2D eigenvalue weighted by Gasteiger charge is 2.19. The van der Waals surface area contributed by atoms with Gasteiger partial charge >= 0.3 is 0 Å². The molecule has 0 bridgehead atoms. The fourth-order valence-electron chi connectivity index (χ4n) is 3.07. The van der Waals surface area contributed by atoms with Crippen molar-refractivity contribution < 1.29 is 14.3 Å². The van der Waals surface area contributed by atoms with Crippen molar-refractivity contribution in [3.63, 3.8) is 0 Å². The average Bonchev–Trinajstić information content (AvgIpc) is 3.15. The van der Waals surface area contributed by atoms with Crippen molar-refractivity contribution in [1.29, 1.82) is 0 Å². The van der Waals surface area contributed by atoms with Crippen LogP contribution in [-0.4, -0.2) is 63.5 Å². The molecule has 10 heteroatoms. The fraction of sp³-hybridized carbons (Fsp3) is 0.429. The molecule has 3 rings (SSSR count). The molecule has 166 valence electrons. The van der Waals surface area contributed by atoms with E-state index in [1.807, 2.05) is 23.6 Å². The SMILES string of the molecule is C=CCn1c(CCC(=O)Nc2ccc(C)c(Cl)c2)nnc1SCC(=O)N1CCOCC1. The second-order valence-corrected chi connectivity index (χ2v) is 8.44. The first-order valence-corrected chi connectivity index (χ1v) is 11.4. The number of anilines is 1. The molecule has 1 aliphatic heterocycles. The van der Waals surface area contributed by atoms with Gasteiger partial charge in [-0.2, -0.15) is 0 Å². The third-order valence-electron chi connectivity index (χ3n) is 4.82. The van der Waals surface area contributed by atoms with Crippen molar-refractivity contribution in [1.82, 2.24) is 19.7 Å². The van der Waals surface area contributed by atoms with Crippen molar-refractivity contribution in [2.75, 3.05) is 37.4 Å². The summed E-state index contributed by atoms with van der Waals surface area (Å²) in [6.07, 6.45) is 2.41. The van der Waals surface area contributed by atoms with E-state index in [0.29, 0.717) is 61.0 Å². The molecular formula is C21H26ClN5O3S. The molecule has 2 aromatic rings. The van der Waals surface area contributed by atoms with Gasteiger partial charge in [0, 0.05) is 43.2 Å². The number of carbonyl (C=O) groups is 2. The molecule has 2 heterocycles. The zero-order valence-corrected chi connectivity index (χ0v) is 19.0. The smallest absolute Gasteiger partial charge is 0.233 e. The van der Waals surface area contributed by atoms with Gasteiger partial charge in [-0.3, -0.25) is 9.59 Å². The first-order valence-electron chi connectivity index (χ1n) is 10.0. The number of thioether (sulfide) groups is 1. The zero-order valence-electron chi connectivity index (χ0n) is 17.5. The molecule has 0 unspecified atom stereocenters. The number of rotatable bonds is 9. The van der Waals surface area contributed by atoms with Crippen LogP contribution in [0, 0.1) is 6.92 Å². The number of nitrogens with zero attached hydrogens (tertiary/aromatic N) is 4. The molecule has 1 N–H and O–H groups in total. The molecule has 1 aromatic heterocycles. The van der Waals surface area contributed by atoms with Gasteiger partial charge < -0.3 is 19.5 Å². The van der Waals surface area contributed by atoms with Crippen LogP contribution in [0.3, 0.4) is 0 Å². The zero-order chi connectivity index (χ0) is 22.2. The molecule has 0 radical (unpaired) electrons.